The second-order valence-electron chi connectivity index (χ2n) is 14.2. The van der Waals surface area contributed by atoms with E-state index in [2.05, 4.69) is 10.6 Å². The van der Waals surface area contributed by atoms with E-state index in [4.69, 9.17) is 14.9 Å². The first-order chi connectivity index (χ1) is 20.2. The average Bonchev–Trinajstić information content (AvgIpc) is 3.17. The molecular weight excluding hydrogens is 560 g/mol. The molecule has 1 aliphatic heterocycles. The van der Waals surface area contributed by atoms with Gasteiger partial charge in [-0.1, -0.05) is 41.5 Å². The van der Waals surface area contributed by atoms with E-state index in [9.17, 15) is 19.5 Å². The molecule has 0 aromatic heterocycles. The van der Waals surface area contributed by atoms with Gasteiger partial charge in [-0.05, 0) is 68.4 Å². The van der Waals surface area contributed by atoms with Gasteiger partial charge in [0.2, 0.25) is 0 Å². The number of nitrogens with one attached hydrogen (secondary N) is 3. The number of phenols is 1. The molecule has 2 aromatic rings. The van der Waals surface area contributed by atoms with Crippen molar-refractivity contribution in [2.45, 2.75) is 92.2 Å². The molecule has 3 rings (SSSR count). The number of benzene rings is 2. The summed E-state index contributed by atoms with van der Waals surface area (Å²) in [5.41, 5.74) is 2.10. The lowest BCUT2D eigenvalue weighted by molar-refractivity contribution is 0.0526. The van der Waals surface area contributed by atoms with Gasteiger partial charge in [-0.25, -0.2) is 4.79 Å². The van der Waals surface area contributed by atoms with Crippen molar-refractivity contribution in [2.24, 2.45) is 0 Å². The summed E-state index contributed by atoms with van der Waals surface area (Å²) in [4.78, 5) is 40.3. The van der Waals surface area contributed by atoms with E-state index in [-0.39, 0.29) is 53.4 Å². The van der Waals surface area contributed by atoms with E-state index in [0.717, 1.165) is 5.56 Å². The largest absolute Gasteiger partial charge is 0.507 e. The topological polar surface area (TPSA) is 141 Å². The number of nitrogens with zero attached hydrogens (tertiary/aromatic N) is 1. The molecule has 0 bridgehead atoms. The highest BCUT2D eigenvalue weighted by Gasteiger charge is 2.32. The van der Waals surface area contributed by atoms with Gasteiger partial charge in [-0.2, -0.15) is 0 Å². The van der Waals surface area contributed by atoms with Gasteiger partial charge < -0.3 is 30.1 Å². The Kier molecular flexibility index (Phi) is 10.1. The molecule has 0 saturated carbocycles. The summed E-state index contributed by atoms with van der Waals surface area (Å²) in [5, 5.41) is 25.3. The number of ether oxygens (including phenoxy) is 2. The van der Waals surface area contributed by atoms with Crippen LogP contribution in [0.2, 0.25) is 0 Å². The lowest BCUT2D eigenvalue weighted by atomic mass is 9.78. The molecule has 240 valence electrons. The first kappa shape index (κ1) is 34.4. The molecule has 0 unspecified atom stereocenters. The van der Waals surface area contributed by atoms with Crippen LogP contribution in [-0.2, 0) is 22.1 Å². The zero-order valence-corrected chi connectivity index (χ0v) is 27.8. The third-order valence-corrected chi connectivity index (χ3v) is 7.14. The van der Waals surface area contributed by atoms with Crippen LogP contribution in [0.25, 0.3) is 0 Å². The molecule has 0 radical (unpaired) electrons. The van der Waals surface area contributed by atoms with Crippen LogP contribution in [-0.4, -0.2) is 65.5 Å². The van der Waals surface area contributed by atoms with Crippen LogP contribution in [0.3, 0.4) is 0 Å². The highest BCUT2D eigenvalue weighted by atomic mass is 16.6. The number of aromatic hydroxyl groups is 1. The third-order valence-electron chi connectivity index (χ3n) is 7.14. The molecule has 4 N–H and O–H groups in total. The average molecular weight is 609 g/mol. The number of phenolic OH excluding ortho intramolecular Hbond substituents is 1. The van der Waals surface area contributed by atoms with Crippen molar-refractivity contribution in [1.82, 2.24) is 15.5 Å². The summed E-state index contributed by atoms with van der Waals surface area (Å²) >= 11 is 0. The smallest absolute Gasteiger partial charge is 0.407 e. The minimum Gasteiger partial charge on any atom is -0.507 e. The minimum absolute atomic E-state index is 0.0344. The molecule has 0 fully saturated rings. The number of carbonyl (C=O) groups excluding carboxylic acids is 3. The standard InChI is InChI=1S/C34H48N4O6/c1-11-43-27-16-21-18-38(19-26(39)20-14-24(32(2,3)4)28(40)25(15-20)33(5,6)7)29(35)22(21)17-23(27)30(41)36-12-13-37-31(42)44-34(8,9)10/h14-17,35,40H,11-13,18-19H2,1-10H3,(H,36,41)(H,37,42). The van der Waals surface area contributed by atoms with Crippen LogP contribution in [0, 0.1) is 5.41 Å². The molecule has 0 atom stereocenters. The number of fused-ring (bicyclic) bond motifs is 1. The Morgan fingerprint density at radius 2 is 1.48 bits per heavy atom. The molecule has 2 aromatic carbocycles. The third kappa shape index (κ3) is 8.30. The van der Waals surface area contributed by atoms with E-state index in [1.165, 1.54) is 0 Å². The van der Waals surface area contributed by atoms with E-state index >= 15 is 0 Å². The second kappa shape index (κ2) is 12.9. The fraction of sp³-hybridized carbons (Fsp3) is 0.529. The predicted molar refractivity (Wildman–Crippen MR) is 171 cm³/mol. The molecule has 1 aliphatic rings. The number of carbonyl (C=O) groups is 3. The van der Waals surface area contributed by atoms with Gasteiger partial charge in [0, 0.05) is 41.9 Å². The van der Waals surface area contributed by atoms with Gasteiger partial charge in [0.1, 0.15) is 22.9 Å². The zero-order valence-electron chi connectivity index (χ0n) is 27.8. The quantitative estimate of drug-likeness (QED) is 0.213. The number of Topliss-reactive ketones (excluding diaryl/α,β-unsaturated/α-hetero) is 1. The highest BCUT2D eigenvalue weighted by molar-refractivity contribution is 6.07. The molecule has 2 amide bonds. The number of alkyl carbamates (subject to hydrolysis) is 1. The number of hydrogen-bond donors (Lipinski definition) is 4. The summed E-state index contributed by atoms with van der Waals surface area (Å²) in [7, 11) is 0. The van der Waals surface area contributed by atoms with Crippen LogP contribution in [0.1, 0.15) is 112 Å². The van der Waals surface area contributed by atoms with Crippen molar-refractivity contribution < 1.29 is 29.0 Å². The Hall–Kier alpha value is -4.08. The summed E-state index contributed by atoms with van der Waals surface area (Å²) in [6.45, 7) is 20.1. The van der Waals surface area contributed by atoms with Crippen LogP contribution in [0.5, 0.6) is 11.5 Å². The monoisotopic (exact) mass is 608 g/mol. The predicted octanol–water partition coefficient (Wildman–Crippen LogP) is 5.66. The lowest BCUT2D eigenvalue weighted by Gasteiger charge is -2.28. The van der Waals surface area contributed by atoms with E-state index in [1.807, 2.05) is 48.5 Å². The normalized spacial score (nSPS) is 13.4. The molecule has 44 heavy (non-hydrogen) atoms. The van der Waals surface area contributed by atoms with Crippen molar-refractivity contribution >= 4 is 23.6 Å². The summed E-state index contributed by atoms with van der Waals surface area (Å²) < 4.78 is 11.0. The summed E-state index contributed by atoms with van der Waals surface area (Å²) in [6, 6.07) is 6.89. The van der Waals surface area contributed by atoms with E-state index < -0.39 is 17.6 Å². The zero-order chi connectivity index (χ0) is 33.2. The van der Waals surface area contributed by atoms with Gasteiger partial charge in [0.15, 0.2) is 5.78 Å². The van der Waals surface area contributed by atoms with Crippen LogP contribution < -0.4 is 15.4 Å². The Balaban J connectivity index is 1.79. The molecule has 0 spiro atoms. The Labute approximate surface area is 261 Å². The maximum atomic E-state index is 13.6. The Bertz CT molecular complexity index is 1410. The van der Waals surface area contributed by atoms with Crippen LogP contribution in [0.15, 0.2) is 24.3 Å². The fourth-order valence-electron chi connectivity index (χ4n) is 4.97. The number of ketones is 1. The first-order valence-corrected chi connectivity index (χ1v) is 15.0. The van der Waals surface area contributed by atoms with E-state index in [0.29, 0.717) is 41.2 Å². The molecule has 1 heterocycles. The van der Waals surface area contributed by atoms with Crippen molar-refractivity contribution in [3.63, 3.8) is 0 Å². The lowest BCUT2D eigenvalue weighted by Crippen LogP contribution is -2.38. The van der Waals surface area contributed by atoms with Gasteiger partial charge in [-0.3, -0.25) is 15.0 Å². The minimum atomic E-state index is -0.623. The molecule has 0 aliphatic carbocycles. The van der Waals surface area contributed by atoms with Crippen molar-refractivity contribution in [3.8, 4) is 11.5 Å². The Morgan fingerprint density at radius 1 is 0.909 bits per heavy atom. The fourth-order valence-corrected chi connectivity index (χ4v) is 4.97. The number of amidine groups is 1. The summed E-state index contributed by atoms with van der Waals surface area (Å²) in [5.74, 6) is 0.158. The van der Waals surface area contributed by atoms with Gasteiger partial charge >= 0.3 is 6.09 Å². The van der Waals surface area contributed by atoms with Crippen molar-refractivity contribution in [1.29, 1.82) is 5.41 Å². The molecule has 10 nitrogen and oxygen atoms in total. The first-order valence-electron chi connectivity index (χ1n) is 15.0. The summed E-state index contributed by atoms with van der Waals surface area (Å²) in [6.07, 6.45) is -0.570. The van der Waals surface area contributed by atoms with Crippen molar-refractivity contribution in [2.75, 3.05) is 26.2 Å². The van der Waals surface area contributed by atoms with E-state index in [1.54, 1.807) is 49.9 Å². The van der Waals surface area contributed by atoms with Crippen molar-refractivity contribution in [3.05, 3.63) is 57.6 Å². The second-order valence-corrected chi connectivity index (χ2v) is 14.2. The van der Waals surface area contributed by atoms with Gasteiger partial charge in [0.05, 0.1) is 18.7 Å². The maximum absolute atomic E-state index is 13.6. The Morgan fingerprint density at radius 3 is 2.00 bits per heavy atom. The number of amides is 2. The molecular formula is C34H48N4O6. The molecule has 10 heteroatoms. The van der Waals surface area contributed by atoms with Gasteiger partial charge in [-0.15, -0.1) is 0 Å². The maximum Gasteiger partial charge on any atom is 0.407 e. The number of hydrogen-bond acceptors (Lipinski definition) is 7. The van der Waals surface area contributed by atoms with Crippen LogP contribution in [0.4, 0.5) is 4.79 Å². The van der Waals surface area contributed by atoms with Gasteiger partial charge in [0.25, 0.3) is 5.91 Å². The molecule has 0 saturated heterocycles. The highest BCUT2D eigenvalue weighted by Crippen LogP contribution is 2.40. The number of rotatable bonds is 9. The van der Waals surface area contributed by atoms with Crippen LogP contribution >= 0.6 is 0 Å². The SMILES string of the molecule is CCOc1cc2c(cc1C(=O)NCCNC(=O)OC(C)(C)C)C(=N)N(CC(=O)c1cc(C(C)(C)C)c(O)c(C(C)(C)C)c1)C2.